The molecule has 19 nitrogen and oxygen atoms in total. The maximum absolute atomic E-state index is 14.8. The molecule has 2 aliphatic carbocycles. The van der Waals surface area contributed by atoms with Crippen molar-refractivity contribution in [2.24, 2.45) is 5.92 Å². The monoisotopic (exact) mass is 1020 g/mol. The Labute approximate surface area is 427 Å². The highest BCUT2D eigenvalue weighted by molar-refractivity contribution is 7.92. The molecule has 2 aliphatic heterocycles. The number of sulfone groups is 1. The summed E-state index contributed by atoms with van der Waals surface area (Å²) in [6, 6.07) is 9.21. The lowest BCUT2D eigenvalue weighted by Gasteiger charge is -2.35. The summed E-state index contributed by atoms with van der Waals surface area (Å²) in [6.45, 7) is 11.9. The molecule has 0 spiro atoms. The van der Waals surface area contributed by atoms with Crippen molar-refractivity contribution in [3.8, 4) is 11.5 Å². The van der Waals surface area contributed by atoms with E-state index in [2.05, 4.69) is 68.4 Å². The molecule has 9 rings (SSSR count). The van der Waals surface area contributed by atoms with Crippen LogP contribution in [-0.4, -0.2) is 123 Å². The number of anilines is 3. The average molecular weight is 1020 g/mol. The molecule has 3 aromatic heterocycles. The average Bonchev–Trinajstić information content (AvgIpc) is 3.96. The number of hydrogen-bond acceptors (Lipinski definition) is 15. The predicted octanol–water partition coefficient (Wildman–Crippen LogP) is 6.34. The normalized spacial score (nSPS) is 20.8. The number of nitrogens with zero attached hydrogens (tertiary/aromatic N) is 7. The molecule has 1 saturated carbocycles. The van der Waals surface area contributed by atoms with Gasteiger partial charge < -0.3 is 40.5 Å². The molecule has 73 heavy (non-hydrogen) atoms. The summed E-state index contributed by atoms with van der Waals surface area (Å²) in [4.78, 5) is 64.7. The van der Waals surface area contributed by atoms with Crippen LogP contribution in [0.5, 0.6) is 11.5 Å². The first-order valence-corrected chi connectivity index (χ1v) is 27.4. The number of hydrogen-bond donors (Lipinski definition) is 5. The summed E-state index contributed by atoms with van der Waals surface area (Å²) in [5.74, 6) is 1.35. The molecule has 2 saturated heterocycles. The number of carbonyl (C=O) groups excluding carboxylic acids is 3. The highest BCUT2D eigenvalue weighted by Crippen LogP contribution is 2.39. The van der Waals surface area contributed by atoms with Gasteiger partial charge in [-0.3, -0.25) is 19.5 Å². The Balaban J connectivity index is 0.885. The first-order chi connectivity index (χ1) is 35.0. The summed E-state index contributed by atoms with van der Waals surface area (Å²) in [6.07, 6.45) is 12.6. The van der Waals surface area contributed by atoms with Crippen LogP contribution in [0.1, 0.15) is 120 Å². The van der Waals surface area contributed by atoms with Crippen molar-refractivity contribution >= 4 is 56.0 Å². The molecule has 2 aromatic carbocycles. The second-order valence-corrected chi connectivity index (χ2v) is 23.8. The Morgan fingerprint density at radius 2 is 1.62 bits per heavy atom. The molecule has 390 valence electrons. The number of likely N-dealkylation sites (tertiary alicyclic amines) is 1. The predicted molar refractivity (Wildman–Crippen MR) is 278 cm³/mol. The Morgan fingerprint density at radius 3 is 2.32 bits per heavy atom. The lowest BCUT2D eigenvalue weighted by atomic mass is 9.83. The first kappa shape index (κ1) is 51.5. The van der Waals surface area contributed by atoms with Gasteiger partial charge in [0.25, 0.3) is 0 Å². The van der Waals surface area contributed by atoms with E-state index in [1.54, 1.807) is 64.2 Å². The van der Waals surface area contributed by atoms with Crippen molar-refractivity contribution in [1.29, 1.82) is 0 Å². The van der Waals surface area contributed by atoms with Gasteiger partial charge in [-0.1, -0.05) is 43.5 Å². The molecule has 5 atom stereocenters. The van der Waals surface area contributed by atoms with Gasteiger partial charge in [0, 0.05) is 55.1 Å². The molecule has 3 amide bonds. The summed E-state index contributed by atoms with van der Waals surface area (Å²) >= 11 is 0. The maximum Gasteiger partial charge on any atom is 0.246 e. The van der Waals surface area contributed by atoms with Crippen molar-refractivity contribution < 1.29 is 32.3 Å². The number of likely N-dealkylation sites (N-methyl/N-ethyl adjacent to an activating group) is 1. The zero-order chi connectivity index (χ0) is 51.6. The Bertz CT molecular complexity index is 2910. The quantitative estimate of drug-likeness (QED) is 0.0769. The van der Waals surface area contributed by atoms with Crippen molar-refractivity contribution in [3.63, 3.8) is 0 Å². The van der Waals surface area contributed by atoms with Crippen molar-refractivity contribution in [1.82, 2.24) is 51.0 Å². The number of carbonyl (C=O) groups is 3. The third-order valence-electron chi connectivity index (χ3n) is 15.3. The van der Waals surface area contributed by atoms with Crippen LogP contribution in [0.15, 0.2) is 60.0 Å². The van der Waals surface area contributed by atoms with E-state index >= 15 is 0 Å². The van der Waals surface area contributed by atoms with E-state index in [0.29, 0.717) is 60.2 Å². The molecule has 20 heteroatoms. The minimum absolute atomic E-state index is 0.0458. The van der Waals surface area contributed by atoms with Gasteiger partial charge in [0.2, 0.25) is 23.7 Å². The van der Waals surface area contributed by atoms with Gasteiger partial charge in [0.05, 0.1) is 41.3 Å². The van der Waals surface area contributed by atoms with Crippen molar-refractivity contribution in [2.75, 3.05) is 36.9 Å². The van der Waals surface area contributed by atoms with E-state index in [-0.39, 0.29) is 59.4 Å². The molecular weight excluding hydrogens is 949 g/mol. The number of aromatic amines is 1. The fourth-order valence-electron chi connectivity index (χ4n) is 10.6. The van der Waals surface area contributed by atoms with Crippen LogP contribution in [0.2, 0.25) is 0 Å². The second-order valence-electron chi connectivity index (χ2n) is 21.2. The number of rotatable bonds is 15. The fourth-order valence-corrected chi connectivity index (χ4v) is 11.9. The second kappa shape index (κ2) is 21.6. The third-order valence-corrected chi connectivity index (χ3v) is 17.8. The number of benzene rings is 2. The smallest absolute Gasteiger partial charge is 0.246 e. The van der Waals surface area contributed by atoms with E-state index < -0.39 is 38.8 Å². The SMILES string of the molecule is CN[C@@H](C)C(=O)N[C@H](C(=O)N1C[C@@H](Oc2cnc(N3CCC(Oc4cc5ncnc(Nc6n[nH]c(C)c6C)c5cc4S(=O)(=O)C(C)(C)C)CC3)nc2)C[C@H]1C(=O)N[C@@H]1CCCc2ccccc21)C1CCCCC1. The van der Waals surface area contributed by atoms with Crippen LogP contribution in [0, 0.1) is 19.8 Å². The molecule has 0 unspecified atom stereocenters. The third kappa shape index (κ3) is 11.1. The molecule has 4 aliphatic rings. The molecule has 5 aromatic rings. The summed E-state index contributed by atoms with van der Waals surface area (Å²) in [7, 11) is -2.17. The number of ether oxygens (including phenoxy) is 2. The summed E-state index contributed by atoms with van der Waals surface area (Å²) < 4.78 is 40.3. The van der Waals surface area contributed by atoms with Crippen molar-refractivity contribution in [3.05, 3.63) is 77.5 Å². The minimum atomic E-state index is -3.89. The fraction of sp³-hybridized carbons (Fsp3) is 0.547. The number of nitrogens with one attached hydrogen (secondary N) is 5. The van der Waals surface area contributed by atoms with Crippen LogP contribution in [-0.2, 0) is 30.6 Å². The van der Waals surface area contributed by atoms with Gasteiger partial charge in [-0.25, -0.2) is 28.4 Å². The Hall–Kier alpha value is -6.41. The van der Waals surface area contributed by atoms with Gasteiger partial charge >= 0.3 is 0 Å². The molecule has 0 bridgehead atoms. The van der Waals surface area contributed by atoms with Gasteiger partial charge in [-0.15, -0.1) is 0 Å². The highest BCUT2D eigenvalue weighted by atomic mass is 32.2. The number of aryl methyl sites for hydroxylation is 2. The Morgan fingerprint density at radius 1 is 0.877 bits per heavy atom. The molecule has 5 heterocycles. The number of piperidine rings is 1. The van der Waals surface area contributed by atoms with Crippen LogP contribution >= 0.6 is 0 Å². The summed E-state index contributed by atoms with van der Waals surface area (Å²) in [5.41, 5.74) is 4.67. The van der Waals surface area contributed by atoms with E-state index in [0.717, 1.165) is 68.2 Å². The Kier molecular flexibility index (Phi) is 15.2. The minimum Gasteiger partial charge on any atom is -0.489 e. The molecule has 5 N–H and O–H groups in total. The van der Waals surface area contributed by atoms with Crippen LogP contribution in [0.25, 0.3) is 10.9 Å². The maximum atomic E-state index is 14.8. The zero-order valence-electron chi connectivity index (χ0n) is 43.0. The lowest BCUT2D eigenvalue weighted by Crippen LogP contribution is -2.58. The number of fused-ring (bicyclic) bond motifs is 2. The van der Waals surface area contributed by atoms with Crippen LogP contribution in [0.3, 0.4) is 0 Å². The number of amides is 3. The van der Waals surface area contributed by atoms with Crippen LogP contribution in [0.4, 0.5) is 17.6 Å². The zero-order valence-corrected chi connectivity index (χ0v) is 43.9. The van der Waals surface area contributed by atoms with Gasteiger partial charge in [0.15, 0.2) is 21.4 Å². The summed E-state index contributed by atoms with van der Waals surface area (Å²) in [5, 5.41) is 20.5. The topological polar surface area (TPSA) is 239 Å². The lowest BCUT2D eigenvalue weighted by molar-refractivity contribution is -0.143. The highest BCUT2D eigenvalue weighted by Gasteiger charge is 2.46. The number of H-pyrrole nitrogens is 1. The van der Waals surface area contributed by atoms with E-state index in [4.69, 9.17) is 9.47 Å². The van der Waals surface area contributed by atoms with Gasteiger partial charge in [-0.05, 0) is 104 Å². The molecular formula is C53H70N12O7S. The van der Waals surface area contributed by atoms with E-state index in [1.165, 1.54) is 11.9 Å². The van der Waals surface area contributed by atoms with Gasteiger partial charge in [0.1, 0.15) is 47.1 Å². The largest absolute Gasteiger partial charge is 0.489 e. The van der Waals surface area contributed by atoms with E-state index in [1.807, 2.05) is 26.0 Å². The number of aromatic nitrogens is 6. The van der Waals surface area contributed by atoms with Crippen molar-refractivity contribution in [2.45, 2.75) is 158 Å². The molecule has 3 fully saturated rings. The standard InChI is InChI=1S/C53H70N12O7S/c1-31-32(2)62-63-47(31)61-48-40-25-45(73(69,70)53(4,5)6)44(26-42(40)57-30-58-48)72-36-20-22-64(23-21-36)52-55-27-38(28-56-52)71-37-24-43(50(67)59-41-19-13-17-34-14-11-12-18-39(34)41)65(29-37)51(68)46(35-15-9-8-10-16-35)60-49(66)33(3)54-7/h11-12,14,18,25-28,30,33,35-37,41,43,46,54H,8-10,13,15-17,19-24,29H2,1-7H3,(H,59,67)(H,60,66)(H2,57,58,61,62,63)/t33-,37-,41+,43-,46-/m0/s1. The van der Waals surface area contributed by atoms with E-state index in [9.17, 15) is 22.8 Å². The van der Waals surface area contributed by atoms with Crippen LogP contribution < -0.4 is 35.6 Å². The first-order valence-electron chi connectivity index (χ1n) is 25.9. The molecule has 0 radical (unpaired) electrons. The van der Waals surface area contributed by atoms with Gasteiger partial charge in [-0.2, -0.15) is 5.10 Å².